The minimum Gasteiger partial charge on any atom is -0.461 e. The molecule has 0 spiro atoms. The summed E-state index contributed by atoms with van der Waals surface area (Å²) in [6.45, 7) is 3.70. The molecule has 0 aliphatic rings. The van der Waals surface area contributed by atoms with Gasteiger partial charge in [-0.05, 0) is 0 Å². The molecule has 0 radical (unpaired) electrons. The largest absolute Gasteiger partial charge is 0.461 e. The van der Waals surface area contributed by atoms with E-state index in [0.29, 0.717) is 0 Å². The Bertz CT molecular complexity index is 89.7. The van der Waals surface area contributed by atoms with Crippen LogP contribution in [0, 0.1) is 0 Å². The molecule has 0 aromatic heterocycles. The van der Waals surface area contributed by atoms with Crippen LogP contribution in [-0.2, 0) is 14.6 Å². The maximum absolute atomic E-state index is 10.2. The van der Waals surface area contributed by atoms with E-state index in [9.17, 15) is 4.21 Å². The molecule has 2 heteroatoms. The van der Waals surface area contributed by atoms with Gasteiger partial charge in [0.25, 0.3) is 0 Å². The van der Waals surface area contributed by atoms with Crippen molar-refractivity contribution < 1.29 is 4.21 Å². The lowest BCUT2D eigenvalue weighted by Gasteiger charge is -1.88. The molecule has 0 unspecified atom stereocenters. The lowest BCUT2D eigenvalue weighted by molar-refractivity contribution is 0.603. The second-order valence-electron chi connectivity index (χ2n) is 0.905. The first kappa shape index (κ1) is 6.02. The predicted molar refractivity (Wildman–Crippen MR) is 30.3 cm³/mol. The van der Waals surface area contributed by atoms with Crippen LogP contribution in [0.4, 0.5) is 0 Å². The molecule has 0 atom stereocenters. The van der Waals surface area contributed by atoms with Gasteiger partial charge in [-0.15, -0.1) is 5.75 Å². The summed E-state index contributed by atoms with van der Waals surface area (Å²) in [4.78, 5) is 0. The maximum Gasteiger partial charge on any atom is -0.0686 e. The molecule has 0 fully saturated rings. The van der Waals surface area contributed by atoms with E-state index in [-0.39, 0.29) is 0 Å². The average Bonchev–Trinajstić information content (AvgIpc) is 1.65. The van der Waals surface area contributed by atoms with Gasteiger partial charge in [0, 0.05) is 0 Å². The highest BCUT2D eigenvalue weighted by molar-refractivity contribution is 7.83. The molecule has 0 aliphatic carbocycles. The van der Waals surface area contributed by atoms with Crippen LogP contribution in [0.25, 0.3) is 0 Å². The smallest absolute Gasteiger partial charge is 0.0686 e. The van der Waals surface area contributed by atoms with Crippen molar-refractivity contribution in [2.75, 3.05) is 5.75 Å². The van der Waals surface area contributed by atoms with Crippen LogP contribution in [0.5, 0.6) is 0 Å². The van der Waals surface area contributed by atoms with Crippen LogP contribution in [0.15, 0.2) is 0 Å². The fourth-order valence-corrected chi connectivity index (χ4v) is 0.500. The Morgan fingerprint density at radius 2 is 2.33 bits per heavy atom. The molecular weight excluding hydrogens is 96.1 g/mol. The molecule has 0 saturated heterocycles. The van der Waals surface area contributed by atoms with Crippen molar-refractivity contribution in [1.82, 2.24) is 0 Å². The first-order valence-corrected chi connectivity index (χ1v) is 3.36. The molecule has 0 N–H and O–H groups in total. The van der Waals surface area contributed by atoms with E-state index >= 15 is 0 Å². The number of hydrogen-bond acceptors (Lipinski definition) is 2. The minimum absolute atomic E-state index is 0.659. The van der Waals surface area contributed by atoms with Gasteiger partial charge in [0.1, 0.15) is 0 Å². The first-order chi connectivity index (χ1) is 2.81. The van der Waals surface area contributed by atoms with Crippen molar-refractivity contribution in [3.8, 4) is 0 Å². The Labute approximate surface area is 40.4 Å². The predicted octanol–water partition coefficient (Wildman–Crippen LogP) is 0.792. The summed E-state index contributed by atoms with van der Waals surface area (Å²) in [5.41, 5.74) is 0. The Balaban J connectivity index is 3.54. The molecule has 0 bridgehead atoms. The maximum atomic E-state index is 10.2. The quantitative estimate of drug-likeness (QED) is 0.356. The van der Waals surface area contributed by atoms with Gasteiger partial charge in [0.15, 0.2) is 0 Å². The zero-order chi connectivity index (χ0) is 4.99. The van der Waals surface area contributed by atoms with Crippen molar-refractivity contribution >= 4 is 15.8 Å². The van der Waals surface area contributed by atoms with Crippen molar-refractivity contribution in [3.63, 3.8) is 0 Å². The molecule has 0 rings (SSSR count). The molecule has 0 heterocycles. The topological polar surface area (TPSA) is 17.1 Å². The summed E-state index contributed by atoms with van der Waals surface area (Å²) in [6.07, 6.45) is 0. The second-order valence-corrected chi connectivity index (χ2v) is 2.72. The highest BCUT2D eigenvalue weighted by atomic mass is 32.2. The van der Waals surface area contributed by atoms with Crippen LogP contribution in [-0.4, -0.2) is 11.1 Å². The van der Waals surface area contributed by atoms with Crippen LogP contribution >= 0.6 is 0 Å². The van der Waals surface area contributed by atoms with E-state index in [0.717, 1.165) is 5.75 Å². The lowest BCUT2D eigenvalue weighted by atomic mass is 11.0. The molecule has 0 aliphatic heterocycles. The SMILES string of the molecule is CC=[S-](=O)CC. The molecule has 0 aromatic carbocycles. The lowest BCUT2D eigenvalue weighted by Crippen LogP contribution is -1.77. The Hall–Kier alpha value is 0.0200. The van der Waals surface area contributed by atoms with Gasteiger partial charge in [-0.1, -0.05) is 13.8 Å². The molecular formula is C4H9OS-. The third-order valence-electron chi connectivity index (χ3n) is 0.547. The number of rotatable bonds is 1. The number of hydrogen-bond donors (Lipinski definition) is 0. The summed E-state index contributed by atoms with van der Waals surface area (Å²) in [5.74, 6) is 0.747. The monoisotopic (exact) mass is 105 g/mol. The van der Waals surface area contributed by atoms with Gasteiger partial charge in [-0.3, -0.25) is 10.4 Å². The van der Waals surface area contributed by atoms with Crippen LogP contribution in [0.2, 0.25) is 0 Å². The van der Waals surface area contributed by atoms with E-state index in [1.54, 1.807) is 12.3 Å². The van der Waals surface area contributed by atoms with E-state index in [4.69, 9.17) is 0 Å². The highest BCUT2D eigenvalue weighted by Crippen LogP contribution is 1.60. The van der Waals surface area contributed by atoms with Crippen molar-refractivity contribution in [3.05, 3.63) is 0 Å². The van der Waals surface area contributed by atoms with Gasteiger partial charge in [0.05, 0.1) is 0 Å². The zero-order valence-electron chi connectivity index (χ0n) is 4.10. The minimum atomic E-state index is -0.659. The third-order valence-corrected chi connectivity index (χ3v) is 1.64. The van der Waals surface area contributed by atoms with Gasteiger partial charge in [-0.25, -0.2) is 0 Å². The van der Waals surface area contributed by atoms with Crippen LogP contribution in [0.3, 0.4) is 0 Å². The summed E-state index contributed by atoms with van der Waals surface area (Å²) in [7, 11) is -0.659. The van der Waals surface area contributed by atoms with Gasteiger partial charge >= 0.3 is 0 Å². The molecule has 0 amide bonds. The molecule has 38 valence electrons. The summed E-state index contributed by atoms with van der Waals surface area (Å²) < 4.78 is 10.2. The van der Waals surface area contributed by atoms with Gasteiger partial charge < -0.3 is 4.21 Å². The standard InChI is InChI=1S/C4H9OS/c1-3-6(5)4-2/h3H,4H2,1-2H3/q-1. The van der Waals surface area contributed by atoms with Gasteiger partial charge in [0.2, 0.25) is 0 Å². The molecule has 6 heavy (non-hydrogen) atoms. The molecule has 0 saturated carbocycles. The molecule has 0 aromatic rings. The first-order valence-electron chi connectivity index (χ1n) is 1.98. The Morgan fingerprint density at radius 1 is 1.83 bits per heavy atom. The normalized spacial score (nSPS) is 15.0. The summed E-state index contributed by atoms with van der Waals surface area (Å²) >= 11 is 0. The van der Waals surface area contributed by atoms with E-state index in [1.807, 2.05) is 6.92 Å². The average molecular weight is 105 g/mol. The van der Waals surface area contributed by atoms with Crippen molar-refractivity contribution in [1.29, 1.82) is 0 Å². The zero-order valence-corrected chi connectivity index (χ0v) is 4.92. The fraction of sp³-hybridized carbons (Fsp3) is 0.750. The Morgan fingerprint density at radius 3 is 2.33 bits per heavy atom. The van der Waals surface area contributed by atoms with Crippen molar-refractivity contribution in [2.45, 2.75) is 13.8 Å². The summed E-state index contributed by atoms with van der Waals surface area (Å²) in [5, 5.41) is 1.69. The van der Waals surface area contributed by atoms with Crippen LogP contribution < -0.4 is 0 Å². The third kappa shape index (κ3) is 2.27. The summed E-state index contributed by atoms with van der Waals surface area (Å²) in [6, 6.07) is 0. The van der Waals surface area contributed by atoms with Gasteiger partial charge in [-0.2, -0.15) is 5.37 Å². The second kappa shape index (κ2) is 3.22. The van der Waals surface area contributed by atoms with E-state index in [2.05, 4.69) is 0 Å². The van der Waals surface area contributed by atoms with E-state index < -0.39 is 10.4 Å². The van der Waals surface area contributed by atoms with Crippen molar-refractivity contribution in [2.24, 2.45) is 0 Å². The fourth-order valence-electron chi connectivity index (χ4n) is 0.167. The molecule has 1 nitrogen and oxygen atoms in total. The van der Waals surface area contributed by atoms with Crippen LogP contribution in [0.1, 0.15) is 13.8 Å². The highest BCUT2D eigenvalue weighted by Gasteiger charge is 1.50. The Kier molecular flexibility index (Phi) is 3.23. The van der Waals surface area contributed by atoms with E-state index in [1.165, 1.54) is 0 Å².